The first-order valence-electron chi connectivity index (χ1n) is 9.57. The second-order valence-electron chi connectivity index (χ2n) is 7.27. The molecule has 4 heteroatoms. The van der Waals surface area contributed by atoms with Crippen molar-refractivity contribution in [3.63, 3.8) is 0 Å². The van der Waals surface area contributed by atoms with Gasteiger partial charge in [-0.2, -0.15) is 0 Å². The lowest BCUT2D eigenvalue weighted by atomic mass is 9.80. The van der Waals surface area contributed by atoms with Gasteiger partial charge in [0.05, 0.1) is 0 Å². The van der Waals surface area contributed by atoms with Gasteiger partial charge in [-0.05, 0) is 53.6 Å². The zero-order chi connectivity index (χ0) is 19.8. The summed E-state index contributed by atoms with van der Waals surface area (Å²) in [5.74, 6) is -0.413. The van der Waals surface area contributed by atoms with Gasteiger partial charge in [0.2, 0.25) is 0 Å². The van der Waals surface area contributed by atoms with Crippen molar-refractivity contribution in [2.45, 2.75) is 12.0 Å². The quantitative estimate of drug-likeness (QED) is 0.511. The van der Waals surface area contributed by atoms with Crippen molar-refractivity contribution in [1.82, 2.24) is 4.98 Å². The van der Waals surface area contributed by atoms with Crippen molar-refractivity contribution >= 4 is 11.6 Å². The largest absolute Gasteiger partial charge is 0.363 e. The number of nitrogens with one attached hydrogen (secondary N) is 1. The van der Waals surface area contributed by atoms with E-state index in [-0.39, 0.29) is 11.7 Å². The minimum Gasteiger partial charge on any atom is -0.363 e. The summed E-state index contributed by atoms with van der Waals surface area (Å²) in [7, 11) is 0. The summed E-state index contributed by atoms with van der Waals surface area (Å²) in [6.07, 6.45) is 2.46. The van der Waals surface area contributed by atoms with Crippen molar-refractivity contribution in [3.8, 4) is 0 Å². The van der Waals surface area contributed by atoms with Gasteiger partial charge in [0.25, 0.3) is 5.91 Å². The molecule has 142 valence electrons. The molecule has 29 heavy (non-hydrogen) atoms. The fraction of sp³-hybridized carbons (Fsp3) is 0.0800. The van der Waals surface area contributed by atoms with Crippen molar-refractivity contribution in [2.75, 3.05) is 4.90 Å². The summed E-state index contributed by atoms with van der Waals surface area (Å²) in [6.45, 7) is 0. The number of carbonyl (C=O) groups excluding carboxylic acids is 1. The fourth-order valence-electron chi connectivity index (χ4n) is 4.39. The summed E-state index contributed by atoms with van der Waals surface area (Å²) < 4.78 is 13.6. The zero-order valence-corrected chi connectivity index (χ0v) is 15.7. The van der Waals surface area contributed by atoms with Crippen LogP contribution < -0.4 is 4.90 Å². The number of H-pyrrole nitrogens is 1. The van der Waals surface area contributed by atoms with E-state index >= 15 is 0 Å². The molecule has 0 radical (unpaired) electrons. The van der Waals surface area contributed by atoms with E-state index in [2.05, 4.69) is 17.1 Å². The highest BCUT2D eigenvalue weighted by molar-refractivity contribution is 6.12. The summed E-state index contributed by atoms with van der Waals surface area (Å²) in [5, 5.41) is 0. The number of amides is 1. The number of benzene rings is 3. The number of nitrogens with zero attached hydrogens (tertiary/aromatic N) is 1. The molecule has 3 aromatic carbocycles. The van der Waals surface area contributed by atoms with Crippen LogP contribution in [0.3, 0.4) is 0 Å². The predicted molar refractivity (Wildman–Crippen MR) is 111 cm³/mol. The van der Waals surface area contributed by atoms with Gasteiger partial charge in [-0.15, -0.1) is 0 Å². The molecule has 5 rings (SSSR count). The highest BCUT2D eigenvalue weighted by Crippen LogP contribution is 2.48. The number of hydrogen-bond donors (Lipinski definition) is 1. The van der Waals surface area contributed by atoms with Crippen LogP contribution >= 0.6 is 0 Å². The van der Waals surface area contributed by atoms with Gasteiger partial charge in [-0.25, -0.2) is 4.39 Å². The second-order valence-corrected chi connectivity index (χ2v) is 7.27. The van der Waals surface area contributed by atoms with Crippen LogP contribution in [0.1, 0.15) is 27.2 Å². The summed E-state index contributed by atoms with van der Waals surface area (Å²) >= 11 is 0. The number of anilines is 1. The summed E-state index contributed by atoms with van der Waals surface area (Å²) in [4.78, 5) is 18.7. The summed E-state index contributed by atoms with van der Waals surface area (Å²) in [6, 6.07) is 27.9. The van der Waals surface area contributed by atoms with E-state index in [0.717, 1.165) is 16.8 Å². The fourth-order valence-corrected chi connectivity index (χ4v) is 4.39. The van der Waals surface area contributed by atoms with E-state index in [1.165, 1.54) is 12.1 Å². The van der Waals surface area contributed by atoms with Crippen LogP contribution in [0.5, 0.6) is 0 Å². The normalized spacial score (nSPS) is 18.1. The minimum atomic E-state index is -0.754. The number of carbonyl (C=O) groups is 1. The van der Waals surface area contributed by atoms with Crippen molar-refractivity contribution < 1.29 is 9.18 Å². The molecule has 0 fully saturated rings. The third-order valence-electron chi connectivity index (χ3n) is 5.62. The Bertz CT molecular complexity index is 1150. The first-order valence-corrected chi connectivity index (χ1v) is 9.57. The zero-order valence-electron chi connectivity index (χ0n) is 15.7. The first kappa shape index (κ1) is 17.4. The number of aromatic nitrogens is 1. The van der Waals surface area contributed by atoms with Gasteiger partial charge < -0.3 is 4.98 Å². The number of hydrogen-bond acceptors (Lipinski definition) is 1. The van der Waals surface area contributed by atoms with Crippen molar-refractivity contribution in [2.24, 2.45) is 0 Å². The minimum absolute atomic E-state index is 0.0854. The average molecular weight is 382 g/mol. The van der Waals surface area contributed by atoms with E-state index in [1.54, 1.807) is 17.0 Å². The Balaban J connectivity index is 1.80. The molecule has 1 aliphatic rings. The van der Waals surface area contributed by atoms with Gasteiger partial charge in [-0.1, -0.05) is 48.5 Å². The van der Waals surface area contributed by atoms with Gasteiger partial charge >= 0.3 is 0 Å². The Morgan fingerprint density at radius 3 is 2.28 bits per heavy atom. The lowest BCUT2D eigenvalue weighted by Crippen LogP contribution is -2.47. The van der Waals surface area contributed by atoms with Crippen LogP contribution in [0.25, 0.3) is 0 Å². The van der Waals surface area contributed by atoms with Crippen LogP contribution in [0, 0.1) is 5.82 Å². The van der Waals surface area contributed by atoms with E-state index < -0.39 is 5.54 Å². The Morgan fingerprint density at radius 2 is 1.55 bits per heavy atom. The number of fused-ring (bicyclic) bond motifs is 1. The molecule has 3 nitrogen and oxygen atoms in total. The maximum atomic E-state index is 13.6. The topological polar surface area (TPSA) is 36.1 Å². The highest BCUT2D eigenvalue weighted by Gasteiger charge is 2.52. The van der Waals surface area contributed by atoms with Crippen LogP contribution in [-0.4, -0.2) is 10.9 Å². The second kappa shape index (κ2) is 6.74. The molecule has 0 bridgehead atoms. The molecule has 1 aromatic heterocycles. The Hall–Kier alpha value is -3.66. The van der Waals surface area contributed by atoms with Crippen molar-refractivity contribution in [3.05, 3.63) is 125 Å². The maximum absolute atomic E-state index is 13.6. The monoisotopic (exact) mass is 382 g/mol. The molecule has 4 aromatic rings. The third-order valence-corrected chi connectivity index (χ3v) is 5.62. The Labute approximate surface area is 168 Å². The van der Waals surface area contributed by atoms with Gasteiger partial charge in [-0.3, -0.25) is 9.69 Å². The molecule has 2 heterocycles. The molecule has 0 saturated heterocycles. The molecular formula is C25H19FN2O. The molecule has 1 amide bonds. The van der Waals surface area contributed by atoms with E-state index in [1.807, 2.05) is 60.8 Å². The molecule has 0 spiro atoms. The lowest BCUT2D eigenvalue weighted by molar-refractivity contribution is 0.0981. The van der Waals surface area contributed by atoms with Gasteiger partial charge in [0.15, 0.2) is 0 Å². The molecule has 0 unspecified atom stereocenters. The highest BCUT2D eigenvalue weighted by atomic mass is 19.1. The molecule has 1 aliphatic heterocycles. The predicted octanol–water partition coefficient (Wildman–Crippen LogP) is 5.30. The number of aromatic amines is 1. The molecule has 1 N–H and O–H groups in total. The van der Waals surface area contributed by atoms with Crippen LogP contribution in [0.4, 0.5) is 10.1 Å². The lowest BCUT2D eigenvalue weighted by Gasteiger charge is -2.39. The Morgan fingerprint density at radius 1 is 0.828 bits per heavy atom. The third kappa shape index (κ3) is 2.68. The number of rotatable bonds is 4. The standard InChI is InChI=1S/C25H19FN2O/c26-19-12-14-20(15-13-19)28-24(29)21-9-4-5-10-22(21)25(28,23-11-6-16-27-23)17-18-7-2-1-3-8-18/h1-16,27H,17H2/t25-/m1/s1. The Kier molecular flexibility index (Phi) is 4.06. The smallest absolute Gasteiger partial charge is 0.259 e. The van der Waals surface area contributed by atoms with E-state index in [9.17, 15) is 9.18 Å². The van der Waals surface area contributed by atoms with Crippen molar-refractivity contribution in [1.29, 1.82) is 0 Å². The molecule has 0 saturated carbocycles. The van der Waals surface area contributed by atoms with Crippen LogP contribution in [-0.2, 0) is 12.0 Å². The van der Waals surface area contributed by atoms with Gasteiger partial charge in [0.1, 0.15) is 11.4 Å². The SMILES string of the molecule is O=C1c2ccccc2[C@](Cc2ccccc2)(c2ccc[nH]2)N1c1ccc(F)cc1. The first-order chi connectivity index (χ1) is 14.2. The van der Waals surface area contributed by atoms with E-state index in [4.69, 9.17) is 0 Å². The maximum Gasteiger partial charge on any atom is 0.259 e. The average Bonchev–Trinajstić information content (AvgIpc) is 3.37. The van der Waals surface area contributed by atoms with Crippen LogP contribution in [0.2, 0.25) is 0 Å². The van der Waals surface area contributed by atoms with Crippen LogP contribution in [0.15, 0.2) is 97.2 Å². The number of halogens is 1. The molecular weight excluding hydrogens is 363 g/mol. The molecule has 0 aliphatic carbocycles. The summed E-state index contributed by atoms with van der Waals surface area (Å²) in [5.41, 5.74) is 3.56. The van der Waals surface area contributed by atoms with E-state index in [0.29, 0.717) is 17.7 Å². The molecule has 1 atom stereocenters. The van der Waals surface area contributed by atoms with Gasteiger partial charge in [0, 0.05) is 29.6 Å².